The first-order valence-corrected chi connectivity index (χ1v) is 59.0. The van der Waals surface area contributed by atoms with Crippen LogP contribution in [0.2, 0.25) is 0 Å². The molecule has 12 saturated heterocycles. The molecule has 842 valence electrons. The molecule has 16 rings (SSSR count). The van der Waals surface area contributed by atoms with E-state index in [0.29, 0.717) is 67.2 Å². The average Bonchev–Trinajstić information content (AvgIpc) is 0.815. The smallest absolute Gasteiger partial charge is 0.0603 e. The van der Waals surface area contributed by atoms with E-state index in [1.807, 2.05) is 0 Å². The zero-order chi connectivity index (χ0) is 106. The van der Waals surface area contributed by atoms with Gasteiger partial charge in [0.15, 0.2) is 0 Å². The highest BCUT2D eigenvalue weighted by Crippen LogP contribution is 2.54. The van der Waals surface area contributed by atoms with E-state index in [1.54, 1.807) is 0 Å². The Morgan fingerprint density at radius 2 is 0.641 bits per heavy atom. The summed E-state index contributed by atoms with van der Waals surface area (Å²) in [7, 11) is 33.0. The minimum absolute atomic E-state index is 0. The maximum atomic E-state index is 5.71. The van der Waals surface area contributed by atoms with Crippen LogP contribution in [0.15, 0.2) is 0 Å². The zero-order valence-corrected chi connectivity index (χ0v) is 104. The van der Waals surface area contributed by atoms with E-state index in [-0.39, 0.29) is 13.5 Å². The van der Waals surface area contributed by atoms with Crippen molar-refractivity contribution in [2.75, 3.05) is 302 Å². The molecule has 0 aromatic heterocycles. The van der Waals surface area contributed by atoms with Crippen molar-refractivity contribution in [3.8, 4) is 0 Å². The summed E-state index contributed by atoms with van der Waals surface area (Å²) in [4.78, 5) is 50.3. The van der Waals surface area contributed by atoms with E-state index in [4.69, 9.17) is 4.74 Å². The van der Waals surface area contributed by atoms with Gasteiger partial charge in [0, 0.05) is 225 Å². The fourth-order valence-electron chi connectivity index (χ4n) is 25.7. The number of ether oxygens (including phenoxy) is 1. The molecule has 12 heterocycles. The van der Waals surface area contributed by atoms with Crippen LogP contribution in [0, 0.1) is 27.1 Å². The first-order valence-electron chi connectivity index (χ1n) is 59.0. The van der Waals surface area contributed by atoms with Crippen molar-refractivity contribution in [3.63, 3.8) is 0 Å². The number of nitrogens with zero attached hydrogens (tertiary/aromatic N) is 20. The third-order valence-corrected chi connectivity index (χ3v) is 38.0. The number of piperidine rings is 5. The highest BCUT2D eigenvalue weighted by atomic mass is 32.1. The molecular weight excluding hydrogens is 1770 g/mol. The third-order valence-electron chi connectivity index (χ3n) is 38.0. The lowest BCUT2D eigenvalue weighted by molar-refractivity contribution is -0.133. The van der Waals surface area contributed by atoms with Gasteiger partial charge in [0.2, 0.25) is 0 Å². The van der Waals surface area contributed by atoms with Crippen molar-refractivity contribution in [2.45, 2.75) is 453 Å². The van der Waals surface area contributed by atoms with Gasteiger partial charge < -0.3 is 63.5 Å². The highest BCUT2D eigenvalue weighted by Gasteiger charge is 2.56. The van der Waals surface area contributed by atoms with Crippen molar-refractivity contribution in [2.24, 2.45) is 27.1 Å². The van der Waals surface area contributed by atoms with Gasteiger partial charge in [-0.2, -0.15) is 13.5 Å². The van der Waals surface area contributed by atoms with E-state index < -0.39 is 0 Å². The van der Waals surface area contributed by atoms with Crippen LogP contribution in [0.25, 0.3) is 0 Å². The van der Waals surface area contributed by atoms with E-state index in [2.05, 4.69) is 391 Å². The lowest BCUT2D eigenvalue weighted by Gasteiger charge is -2.63. The summed E-state index contributed by atoms with van der Waals surface area (Å²) in [6.07, 6.45) is 37.5. The Bertz CT molecular complexity index is 3280. The van der Waals surface area contributed by atoms with Gasteiger partial charge in [0.05, 0.1) is 12.2 Å². The van der Waals surface area contributed by atoms with E-state index >= 15 is 0 Å². The number of hydrogen-bond donors (Lipinski definition) is 0. The summed E-state index contributed by atoms with van der Waals surface area (Å²) in [6, 6.07) is 6.64. The average molecular weight is 2020 g/mol. The van der Waals surface area contributed by atoms with Crippen molar-refractivity contribution in [1.82, 2.24) is 98.0 Å². The van der Waals surface area contributed by atoms with Crippen LogP contribution < -0.4 is 0 Å². The summed E-state index contributed by atoms with van der Waals surface area (Å²) < 4.78 is 5.71. The van der Waals surface area contributed by atoms with Gasteiger partial charge in [-0.25, -0.2) is 0 Å². The van der Waals surface area contributed by atoms with Gasteiger partial charge in [0.1, 0.15) is 0 Å². The van der Waals surface area contributed by atoms with Gasteiger partial charge >= 0.3 is 0 Å². The lowest BCUT2D eigenvalue weighted by Crippen LogP contribution is -2.69. The number of likely N-dealkylation sites (tertiary alicyclic amines) is 9. The number of rotatable bonds is 15. The first-order chi connectivity index (χ1) is 65.2. The molecule has 0 aromatic rings. The van der Waals surface area contributed by atoms with E-state index in [1.165, 1.54) is 350 Å². The number of piperazine rings is 2. The molecule has 22 heteroatoms. The summed E-state index contributed by atoms with van der Waals surface area (Å²) >= 11 is 0. The molecule has 5 spiro atoms. The van der Waals surface area contributed by atoms with Crippen LogP contribution in [-0.2, 0) is 4.74 Å². The molecule has 12 aliphatic heterocycles. The SMILES string of the molecule is CC(C)N1CCC2(CCC(N(C)C)CC2)CC1.CC(C)N1CCN2CCC[C@H]2C1.CC(C)OC1CCN(C)CC1.CN(C)C1CC2(C1)CN(C(C)(C)C)C2.CN(C)C1CC2(CCN(C(C)(C)C)CC2)C1.CN(C)C1CCC2(CC1)CN(C(C)(C)C)C2.CN(C)CCN(C)C(C)(C)C.CN(CCN1CCCC1)C(C)(C)C.CN1CC2(CCN(C(C)(C)C)CC2)C1.CN1CCN(C2CCN(C(C)(C)C)CC2)CC1.S. The van der Waals surface area contributed by atoms with Crippen LogP contribution in [0.1, 0.15) is 354 Å². The van der Waals surface area contributed by atoms with Crippen LogP contribution in [0.4, 0.5) is 0 Å². The van der Waals surface area contributed by atoms with E-state index in [0.717, 1.165) is 72.3 Å². The maximum absolute atomic E-state index is 5.71. The predicted octanol–water partition coefficient (Wildman–Crippen LogP) is 19.2. The molecule has 0 aromatic carbocycles. The van der Waals surface area contributed by atoms with Crippen LogP contribution in [-0.4, -0.2) is 499 Å². The minimum atomic E-state index is 0. The summed E-state index contributed by atoms with van der Waals surface area (Å²) in [5.74, 6) is 0. The van der Waals surface area contributed by atoms with Crippen molar-refractivity contribution in [3.05, 3.63) is 0 Å². The third kappa shape index (κ3) is 43.0. The first kappa shape index (κ1) is 130. The predicted molar refractivity (Wildman–Crippen MR) is 626 cm³/mol. The molecule has 1 atom stereocenters. The topological polar surface area (TPSA) is 74.0 Å². The molecule has 0 bridgehead atoms. The summed E-state index contributed by atoms with van der Waals surface area (Å²) in [6.45, 7) is 101. The van der Waals surface area contributed by atoms with Gasteiger partial charge in [0.25, 0.3) is 0 Å². The molecule has 142 heavy (non-hydrogen) atoms. The van der Waals surface area contributed by atoms with Crippen molar-refractivity contribution in [1.29, 1.82) is 0 Å². The second kappa shape index (κ2) is 57.3. The Balaban J connectivity index is 0.000000242. The number of hydrogen-bond acceptors (Lipinski definition) is 21. The molecule has 16 aliphatic rings. The highest BCUT2D eigenvalue weighted by molar-refractivity contribution is 7.59. The van der Waals surface area contributed by atoms with Crippen LogP contribution in [0.5, 0.6) is 0 Å². The fourth-order valence-corrected chi connectivity index (χ4v) is 25.7. The molecule has 4 aliphatic carbocycles. The second-order valence-electron chi connectivity index (χ2n) is 58.5. The Hall–Kier alpha value is -0.490. The Kier molecular flexibility index (Phi) is 52.5. The normalized spacial score (nSPS) is 26.9. The second-order valence-corrected chi connectivity index (χ2v) is 58.5. The molecule has 4 saturated carbocycles. The van der Waals surface area contributed by atoms with Crippen LogP contribution in [0.3, 0.4) is 0 Å². The van der Waals surface area contributed by atoms with Gasteiger partial charge in [-0.1, -0.05) is 0 Å². The molecule has 0 unspecified atom stereocenters. The molecule has 0 N–H and O–H groups in total. The molecule has 0 amide bonds. The molecular formula is C120H250N20OS. The largest absolute Gasteiger partial charge is 0.375 e. The standard InChI is InChI=1S/C15H30N2.C14H29N3.2C14H28N2.2C12H24N2.C11H24N2.C10H20N2.C9H22N2.C9H19NO.H2S/c1-13(2)17-11-9-15(10-12-17)7-5-14(6-8-15)16(3)4;1-14(2,3)17-7-5-13(6-8-17)16-11-9-15(4)10-12-16;1-13(2,3)16-8-6-14(7-9-16)10-12(11-14)15(4)5;1-13(2,3)16-10-14(11-16)8-6-12(7-9-14)15(4)5;1-11(2,3)14-8-12(9-14)6-10(7-12)13(4)5;1-11(2,3)14-7-5-12(6-8-14)9-13(4)10-12;1-11(2,3)12(4)9-10-13-7-5-6-8-13;1-9(2)12-7-6-11-5-3-4-10(11)8-12;1-9(2,3)11(6)8-7-10(4)5;1-8(2)11-9-4-6-10(3)7-5-9;/h13-14H,5-12H2,1-4H3;13H,5-12H2,1-4H3;2*12H,6-11H2,1-5H3;10H,6-9H2,1-5H3;5-10H2,1-4H3;5-10H2,1-4H3;9-10H,3-8H2,1-2H3;7-8H2,1-6H3;8-9H,4-7H2,1-3H3;1H2/t;;;;;;;10-;;;/m.......0.../s1. The molecule has 21 nitrogen and oxygen atoms in total. The Morgan fingerprint density at radius 1 is 0.289 bits per heavy atom. The van der Waals surface area contributed by atoms with Crippen molar-refractivity contribution < 1.29 is 4.74 Å². The number of likely N-dealkylation sites (N-methyl/N-ethyl adjacent to an activating group) is 4. The monoisotopic (exact) mass is 2020 g/mol. The van der Waals surface area contributed by atoms with Gasteiger partial charge in [-0.3, -0.25) is 39.2 Å². The van der Waals surface area contributed by atoms with E-state index in [9.17, 15) is 0 Å². The quantitative estimate of drug-likeness (QED) is 0.156. The summed E-state index contributed by atoms with van der Waals surface area (Å²) in [5, 5.41) is 0. The minimum Gasteiger partial charge on any atom is -0.375 e. The Morgan fingerprint density at radius 3 is 1.02 bits per heavy atom. The lowest BCUT2D eigenvalue weighted by atomic mass is 9.59. The van der Waals surface area contributed by atoms with Gasteiger partial charge in [-0.15, -0.1) is 0 Å². The maximum Gasteiger partial charge on any atom is 0.0603 e. The van der Waals surface area contributed by atoms with Crippen molar-refractivity contribution >= 4 is 13.5 Å². The molecule has 0 radical (unpaired) electrons. The summed E-state index contributed by atoms with van der Waals surface area (Å²) in [5.41, 5.74) is 6.03. The Labute approximate surface area is 893 Å². The molecule has 16 fully saturated rings. The fraction of sp³-hybridized carbons (Fsp3) is 1.00. The zero-order valence-electron chi connectivity index (χ0n) is 103. The van der Waals surface area contributed by atoms with Gasteiger partial charge in [-0.05, 0) is 546 Å². The number of fused-ring (bicyclic) bond motifs is 1. The van der Waals surface area contributed by atoms with Crippen LogP contribution >= 0.6 is 13.5 Å².